The molecule has 0 aliphatic carbocycles. The van der Waals surface area contributed by atoms with E-state index in [4.69, 9.17) is 14.2 Å². The maximum atomic E-state index is 5.53. The Morgan fingerprint density at radius 1 is 0.783 bits per heavy atom. The average molecular weight is 312 g/mol. The summed E-state index contributed by atoms with van der Waals surface area (Å²) in [5, 5.41) is 0. The van der Waals surface area contributed by atoms with Crippen molar-refractivity contribution in [2.75, 3.05) is 21.3 Å². The fraction of sp³-hybridized carbons (Fsp3) is 0.300. The number of methoxy groups -OCH3 is 3. The number of hydrogen-bond donors (Lipinski definition) is 0. The molecule has 23 heavy (non-hydrogen) atoms. The zero-order valence-electron chi connectivity index (χ0n) is 14.3. The molecule has 0 radical (unpaired) electrons. The van der Waals surface area contributed by atoms with E-state index in [0.717, 1.165) is 46.8 Å². The first-order chi connectivity index (χ1) is 11.2. The van der Waals surface area contributed by atoms with Crippen LogP contribution in [0.2, 0.25) is 0 Å². The van der Waals surface area contributed by atoms with Gasteiger partial charge in [-0.15, -0.1) is 0 Å². The minimum absolute atomic E-state index is 0.856. The van der Waals surface area contributed by atoms with E-state index in [1.165, 1.54) is 0 Å². The minimum Gasteiger partial charge on any atom is -0.497 e. The Morgan fingerprint density at radius 3 is 1.83 bits per heavy atom. The molecule has 0 saturated carbocycles. The zero-order chi connectivity index (χ0) is 16.7. The van der Waals surface area contributed by atoms with E-state index in [2.05, 4.69) is 19.1 Å². The third-order valence-electron chi connectivity index (χ3n) is 3.71. The summed E-state index contributed by atoms with van der Waals surface area (Å²) in [4.78, 5) is 0. The van der Waals surface area contributed by atoms with E-state index < -0.39 is 0 Å². The summed E-state index contributed by atoms with van der Waals surface area (Å²) in [6.45, 7) is 2.15. The lowest BCUT2D eigenvalue weighted by molar-refractivity contribution is 0.385. The van der Waals surface area contributed by atoms with Crippen molar-refractivity contribution in [1.29, 1.82) is 0 Å². The van der Waals surface area contributed by atoms with Gasteiger partial charge in [0.1, 0.15) is 17.2 Å². The van der Waals surface area contributed by atoms with Gasteiger partial charge in [-0.05, 0) is 41.8 Å². The lowest BCUT2D eigenvalue weighted by atomic mass is 10.0. The second-order valence-corrected chi connectivity index (χ2v) is 5.26. The summed E-state index contributed by atoms with van der Waals surface area (Å²) in [6.07, 6.45) is 6.11. The van der Waals surface area contributed by atoms with Crippen molar-refractivity contribution in [2.45, 2.75) is 19.8 Å². The Labute approximate surface area is 138 Å². The molecule has 2 aromatic carbocycles. The molecule has 122 valence electrons. The van der Waals surface area contributed by atoms with Crippen LogP contribution in [-0.4, -0.2) is 21.3 Å². The minimum atomic E-state index is 0.856. The van der Waals surface area contributed by atoms with Crippen molar-refractivity contribution < 1.29 is 14.2 Å². The normalized spacial score (nSPS) is 10.8. The molecule has 0 aliphatic heterocycles. The van der Waals surface area contributed by atoms with Crippen LogP contribution < -0.4 is 14.2 Å². The molecule has 0 amide bonds. The van der Waals surface area contributed by atoms with Crippen molar-refractivity contribution in [3.8, 4) is 17.2 Å². The van der Waals surface area contributed by atoms with Crippen LogP contribution in [0.3, 0.4) is 0 Å². The second-order valence-electron chi connectivity index (χ2n) is 5.26. The predicted molar refractivity (Wildman–Crippen MR) is 95.5 cm³/mol. The number of rotatable bonds is 7. The third kappa shape index (κ3) is 4.28. The molecule has 0 heterocycles. The van der Waals surface area contributed by atoms with Crippen molar-refractivity contribution in [1.82, 2.24) is 0 Å². The first-order valence-electron chi connectivity index (χ1n) is 7.78. The fourth-order valence-electron chi connectivity index (χ4n) is 2.50. The van der Waals surface area contributed by atoms with Gasteiger partial charge in [0.25, 0.3) is 0 Å². The lowest BCUT2D eigenvalue weighted by Gasteiger charge is -2.14. The quantitative estimate of drug-likeness (QED) is 0.685. The van der Waals surface area contributed by atoms with Gasteiger partial charge in [0.05, 0.1) is 21.3 Å². The van der Waals surface area contributed by atoms with E-state index in [1.807, 2.05) is 36.4 Å². The first-order valence-corrected chi connectivity index (χ1v) is 7.78. The van der Waals surface area contributed by atoms with Crippen molar-refractivity contribution >= 4 is 12.2 Å². The molecular formula is C20H24O3. The number of ether oxygens (including phenoxy) is 3. The van der Waals surface area contributed by atoms with Crippen LogP contribution in [0.25, 0.3) is 12.2 Å². The lowest BCUT2D eigenvalue weighted by Crippen LogP contribution is -1.97. The van der Waals surface area contributed by atoms with Gasteiger partial charge in [0.15, 0.2) is 0 Å². The Morgan fingerprint density at radius 2 is 1.35 bits per heavy atom. The van der Waals surface area contributed by atoms with Crippen LogP contribution in [-0.2, 0) is 6.42 Å². The molecule has 3 heteroatoms. The topological polar surface area (TPSA) is 27.7 Å². The monoisotopic (exact) mass is 312 g/mol. The van der Waals surface area contributed by atoms with Crippen molar-refractivity contribution in [3.63, 3.8) is 0 Å². The summed E-state index contributed by atoms with van der Waals surface area (Å²) in [5.41, 5.74) is 3.29. The molecule has 0 aliphatic rings. The van der Waals surface area contributed by atoms with Crippen LogP contribution in [0, 0.1) is 0 Å². The number of hydrogen-bond acceptors (Lipinski definition) is 3. The molecule has 0 bridgehead atoms. The van der Waals surface area contributed by atoms with Gasteiger partial charge in [0, 0.05) is 5.56 Å². The highest BCUT2D eigenvalue weighted by molar-refractivity contribution is 5.72. The molecule has 0 unspecified atom stereocenters. The predicted octanol–water partition coefficient (Wildman–Crippen LogP) is 4.84. The third-order valence-corrected chi connectivity index (χ3v) is 3.71. The Kier molecular flexibility index (Phi) is 6.10. The molecule has 3 nitrogen and oxygen atoms in total. The standard InChI is InChI=1S/C20H24O3/c1-5-6-18-19(22-3)13-16(14-20(18)23-4)8-7-15-9-11-17(21-2)12-10-15/h7-14H,5-6H2,1-4H3. The van der Waals surface area contributed by atoms with Crippen molar-refractivity contribution in [3.05, 3.63) is 53.1 Å². The average Bonchev–Trinajstić information content (AvgIpc) is 2.61. The Bertz CT molecular complexity index is 632. The van der Waals surface area contributed by atoms with Gasteiger partial charge in [0.2, 0.25) is 0 Å². The van der Waals surface area contributed by atoms with Gasteiger partial charge in [-0.1, -0.05) is 37.6 Å². The highest BCUT2D eigenvalue weighted by atomic mass is 16.5. The molecule has 0 aromatic heterocycles. The van der Waals surface area contributed by atoms with E-state index in [-0.39, 0.29) is 0 Å². The zero-order valence-corrected chi connectivity index (χ0v) is 14.3. The van der Waals surface area contributed by atoms with Crippen LogP contribution in [0.5, 0.6) is 17.2 Å². The van der Waals surface area contributed by atoms with Crippen LogP contribution >= 0.6 is 0 Å². The van der Waals surface area contributed by atoms with Crippen LogP contribution in [0.15, 0.2) is 36.4 Å². The van der Waals surface area contributed by atoms with Gasteiger partial charge in [-0.2, -0.15) is 0 Å². The smallest absolute Gasteiger partial charge is 0.126 e. The summed E-state index contributed by atoms with van der Waals surface area (Å²) < 4.78 is 16.2. The largest absolute Gasteiger partial charge is 0.497 e. The summed E-state index contributed by atoms with van der Waals surface area (Å²) in [5.74, 6) is 2.61. The molecule has 0 N–H and O–H groups in total. The van der Waals surface area contributed by atoms with E-state index in [1.54, 1.807) is 21.3 Å². The molecule has 0 atom stereocenters. The van der Waals surface area contributed by atoms with Gasteiger partial charge >= 0.3 is 0 Å². The number of benzene rings is 2. The first kappa shape index (κ1) is 16.9. The molecule has 2 aromatic rings. The van der Waals surface area contributed by atoms with Gasteiger partial charge < -0.3 is 14.2 Å². The molecule has 0 saturated heterocycles. The maximum absolute atomic E-state index is 5.53. The van der Waals surface area contributed by atoms with Gasteiger partial charge in [-0.25, -0.2) is 0 Å². The van der Waals surface area contributed by atoms with Crippen LogP contribution in [0.4, 0.5) is 0 Å². The molecule has 0 fully saturated rings. The Balaban J connectivity index is 2.29. The summed E-state index contributed by atoms with van der Waals surface area (Å²) in [6, 6.07) is 12.0. The van der Waals surface area contributed by atoms with Crippen LogP contribution in [0.1, 0.15) is 30.0 Å². The maximum Gasteiger partial charge on any atom is 0.126 e. The SMILES string of the molecule is CCCc1c(OC)cc(C=Cc2ccc(OC)cc2)cc1OC. The van der Waals surface area contributed by atoms with Crippen molar-refractivity contribution in [2.24, 2.45) is 0 Å². The van der Waals surface area contributed by atoms with Gasteiger partial charge in [-0.3, -0.25) is 0 Å². The summed E-state index contributed by atoms with van der Waals surface area (Å²) >= 11 is 0. The molecule has 0 spiro atoms. The Hall–Kier alpha value is -2.42. The highest BCUT2D eigenvalue weighted by Crippen LogP contribution is 2.32. The van der Waals surface area contributed by atoms with E-state index >= 15 is 0 Å². The fourth-order valence-corrected chi connectivity index (χ4v) is 2.50. The highest BCUT2D eigenvalue weighted by Gasteiger charge is 2.10. The molecular weight excluding hydrogens is 288 g/mol. The molecule has 2 rings (SSSR count). The van der Waals surface area contributed by atoms with E-state index in [0.29, 0.717) is 0 Å². The van der Waals surface area contributed by atoms with E-state index in [9.17, 15) is 0 Å². The second kappa shape index (κ2) is 8.28. The summed E-state index contributed by atoms with van der Waals surface area (Å²) in [7, 11) is 5.07.